The highest BCUT2D eigenvalue weighted by atomic mass is 16.5. The number of benzene rings is 2. The second-order valence-corrected chi connectivity index (χ2v) is 5.86. The summed E-state index contributed by atoms with van der Waals surface area (Å²) in [4.78, 5) is 10.7. The fourth-order valence-electron chi connectivity index (χ4n) is 2.94. The highest BCUT2D eigenvalue weighted by Crippen LogP contribution is 2.39. The molecule has 0 aliphatic carbocycles. The Hall–Kier alpha value is -3.08. The van der Waals surface area contributed by atoms with Gasteiger partial charge in [-0.1, -0.05) is 35.9 Å². The minimum absolute atomic E-state index is 0.383. The maximum atomic E-state index is 6.31. The summed E-state index contributed by atoms with van der Waals surface area (Å²) >= 11 is 0. The smallest absolute Gasteiger partial charge is 0.248 e. The van der Waals surface area contributed by atoms with Crippen molar-refractivity contribution >= 4 is 17.2 Å². The van der Waals surface area contributed by atoms with E-state index in [-0.39, 0.29) is 0 Å². The molecule has 5 heteroatoms. The summed E-state index contributed by atoms with van der Waals surface area (Å²) in [6.45, 7) is 2.89. The van der Waals surface area contributed by atoms with Crippen LogP contribution < -0.4 is 15.4 Å². The number of hydrogen-bond donors (Lipinski definition) is 1. The lowest BCUT2D eigenvalue weighted by Gasteiger charge is -2.20. The van der Waals surface area contributed by atoms with Crippen molar-refractivity contribution in [1.82, 2.24) is 9.97 Å². The van der Waals surface area contributed by atoms with Crippen LogP contribution in [0.25, 0.3) is 0 Å². The molecule has 2 N–H and O–H groups in total. The minimum Gasteiger partial charge on any atom is -0.437 e. The van der Waals surface area contributed by atoms with Gasteiger partial charge in [-0.25, -0.2) is 4.98 Å². The van der Waals surface area contributed by atoms with Gasteiger partial charge in [0.05, 0.1) is 0 Å². The Bertz CT molecular complexity index is 877. The number of nitrogen functional groups attached to an aromatic ring is 1. The van der Waals surface area contributed by atoms with Crippen molar-refractivity contribution in [3.63, 3.8) is 0 Å². The third-order valence-corrected chi connectivity index (χ3v) is 4.20. The van der Waals surface area contributed by atoms with Gasteiger partial charge in [-0.2, -0.15) is 4.98 Å². The van der Waals surface area contributed by atoms with E-state index in [2.05, 4.69) is 33.1 Å². The molecule has 2 heterocycles. The molecule has 0 amide bonds. The lowest BCUT2D eigenvalue weighted by atomic mass is 10.2. The van der Waals surface area contributed by atoms with Gasteiger partial charge in [-0.3, -0.25) is 0 Å². The highest BCUT2D eigenvalue weighted by molar-refractivity contribution is 5.77. The molecule has 3 aromatic rings. The maximum Gasteiger partial charge on any atom is 0.248 e. The Labute approximate surface area is 140 Å². The van der Waals surface area contributed by atoms with E-state index in [4.69, 9.17) is 10.5 Å². The van der Waals surface area contributed by atoms with Crippen LogP contribution in [0.3, 0.4) is 0 Å². The van der Waals surface area contributed by atoms with Crippen LogP contribution in [-0.4, -0.2) is 16.5 Å². The van der Waals surface area contributed by atoms with Gasteiger partial charge in [-0.15, -0.1) is 0 Å². The van der Waals surface area contributed by atoms with Crippen molar-refractivity contribution in [1.29, 1.82) is 0 Å². The number of aryl methyl sites for hydroxylation is 1. The van der Waals surface area contributed by atoms with Crippen molar-refractivity contribution < 1.29 is 4.74 Å². The summed E-state index contributed by atoms with van der Waals surface area (Å²) in [5, 5.41) is 0. The van der Waals surface area contributed by atoms with E-state index in [0.717, 1.165) is 18.7 Å². The Balaban J connectivity index is 1.68. The Morgan fingerprint density at radius 3 is 2.67 bits per heavy atom. The molecule has 0 fully saturated rings. The van der Waals surface area contributed by atoms with Gasteiger partial charge in [-0.05, 0) is 37.1 Å². The van der Waals surface area contributed by atoms with E-state index in [1.165, 1.54) is 17.5 Å². The van der Waals surface area contributed by atoms with Crippen LogP contribution in [0.15, 0.2) is 54.9 Å². The molecule has 0 radical (unpaired) electrons. The first-order valence-electron chi connectivity index (χ1n) is 7.93. The van der Waals surface area contributed by atoms with Crippen LogP contribution >= 0.6 is 0 Å². The Morgan fingerprint density at radius 1 is 1.04 bits per heavy atom. The van der Waals surface area contributed by atoms with Crippen LogP contribution in [-0.2, 0) is 6.42 Å². The van der Waals surface area contributed by atoms with Gasteiger partial charge in [0.25, 0.3) is 0 Å². The van der Waals surface area contributed by atoms with Crippen LogP contribution in [0, 0.1) is 6.92 Å². The summed E-state index contributed by atoms with van der Waals surface area (Å²) in [5.41, 5.74) is 10.4. The van der Waals surface area contributed by atoms with Crippen LogP contribution in [0.2, 0.25) is 0 Å². The molecular formula is C19H18N4O. The standard InChI is InChI=1S/C19H18N4O/c1-13-6-8-15(9-7-13)24-19-17(20)18(21-12-22-19)23-11-10-14-4-2-3-5-16(14)23/h2-9,12H,10-11,20H2,1H3. The van der Waals surface area contributed by atoms with E-state index < -0.39 is 0 Å². The quantitative estimate of drug-likeness (QED) is 0.794. The van der Waals surface area contributed by atoms with Gasteiger partial charge >= 0.3 is 0 Å². The van der Waals surface area contributed by atoms with E-state index in [1.54, 1.807) is 0 Å². The number of aromatic nitrogens is 2. The number of anilines is 3. The van der Waals surface area contributed by atoms with Crippen molar-refractivity contribution in [3.05, 3.63) is 66.0 Å². The van der Waals surface area contributed by atoms with E-state index in [1.807, 2.05) is 37.3 Å². The zero-order valence-corrected chi connectivity index (χ0v) is 13.4. The lowest BCUT2D eigenvalue weighted by Crippen LogP contribution is -2.17. The summed E-state index contributed by atoms with van der Waals surface area (Å²) in [6.07, 6.45) is 2.48. The van der Waals surface area contributed by atoms with Crippen LogP contribution in [0.1, 0.15) is 11.1 Å². The molecule has 0 unspecified atom stereocenters. The number of para-hydroxylation sites is 1. The van der Waals surface area contributed by atoms with Crippen molar-refractivity contribution in [3.8, 4) is 11.6 Å². The van der Waals surface area contributed by atoms with Crippen LogP contribution in [0.4, 0.5) is 17.2 Å². The average Bonchev–Trinajstić information content (AvgIpc) is 3.03. The number of nitrogens with zero attached hydrogens (tertiary/aromatic N) is 3. The zero-order valence-electron chi connectivity index (χ0n) is 13.4. The van der Waals surface area contributed by atoms with Gasteiger partial charge in [0, 0.05) is 12.2 Å². The topological polar surface area (TPSA) is 64.3 Å². The molecule has 0 saturated heterocycles. The summed E-state index contributed by atoms with van der Waals surface area (Å²) in [6, 6.07) is 16.1. The lowest BCUT2D eigenvalue weighted by molar-refractivity contribution is 0.464. The minimum atomic E-state index is 0.383. The second-order valence-electron chi connectivity index (χ2n) is 5.86. The van der Waals surface area contributed by atoms with Gasteiger partial charge in [0.15, 0.2) is 5.82 Å². The molecule has 1 aliphatic heterocycles. The molecule has 2 aromatic carbocycles. The number of rotatable bonds is 3. The number of ether oxygens (including phenoxy) is 1. The monoisotopic (exact) mass is 318 g/mol. The third-order valence-electron chi connectivity index (χ3n) is 4.20. The number of nitrogens with two attached hydrogens (primary N) is 1. The normalized spacial score (nSPS) is 13.0. The van der Waals surface area contributed by atoms with E-state index in [9.17, 15) is 0 Å². The third kappa shape index (κ3) is 2.54. The first-order valence-corrected chi connectivity index (χ1v) is 7.93. The summed E-state index contributed by atoms with van der Waals surface area (Å²) in [5.74, 6) is 1.78. The molecule has 0 saturated carbocycles. The fourth-order valence-corrected chi connectivity index (χ4v) is 2.94. The van der Waals surface area contributed by atoms with Crippen LogP contribution in [0.5, 0.6) is 11.6 Å². The van der Waals surface area contributed by atoms with Crippen molar-refractivity contribution in [2.24, 2.45) is 0 Å². The number of hydrogen-bond acceptors (Lipinski definition) is 5. The predicted molar refractivity (Wildman–Crippen MR) is 94.8 cm³/mol. The largest absolute Gasteiger partial charge is 0.437 e. The molecule has 120 valence electrons. The summed E-state index contributed by atoms with van der Waals surface area (Å²) < 4.78 is 5.85. The zero-order chi connectivity index (χ0) is 16.5. The molecule has 1 aromatic heterocycles. The van der Waals surface area contributed by atoms with E-state index in [0.29, 0.717) is 23.1 Å². The molecule has 0 atom stereocenters. The number of fused-ring (bicyclic) bond motifs is 1. The molecule has 0 spiro atoms. The SMILES string of the molecule is Cc1ccc(Oc2ncnc(N3CCc4ccccc43)c2N)cc1. The maximum absolute atomic E-state index is 6.31. The van der Waals surface area contributed by atoms with Gasteiger partial charge in [0.2, 0.25) is 5.88 Å². The fraction of sp³-hybridized carbons (Fsp3) is 0.158. The molecule has 1 aliphatic rings. The molecule has 0 bridgehead atoms. The van der Waals surface area contributed by atoms with E-state index >= 15 is 0 Å². The molecule has 5 nitrogen and oxygen atoms in total. The van der Waals surface area contributed by atoms with Crippen molar-refractivity contribution in [2.45, 2.75) is 13.3 Å². The molecule has 24 heavy (non-hydrogen) atoms. The summed E-state index contributed by atoms with van der Waals surface area (Å²) in [7, 11) is 0. The first-order chi connectivity index (χ1) is 11.7. The Kier molecular flexibility index (Phi) is 3.54. The average molecular weight is 318 g/mol. The predicted octanol–water partition coefficient (Wildman–Crippen LogP) is 3.85. The second kappa shape index (κ2) is 5.85. The van der Waals surface area contributed by atoms with Gasteiger partial charge < -0.3 is 15.4 Å². The van der Waals surface area contributed by atoms with Crippen molar-refractivity contribution in [2.75, 3.05) is 17.2 Å². The molecular weight excluding hydrogens is 300 g/mol. The molecule has 4 rings (SSSR count). The first kappa shape index (κ1) is 14.5. The highest BCUT2D eigenvalue weighted by Gasteiger charge is 2.24. The van der Waals surface area contributed by atoms with Gasteiger partial charge in [0.1, 0.15) is 17.8 Å². The Morgan fingerprint density at radius 2 is 1.83 bits per heavy atom.